The lowest BCUT2D eigenvalue weighted by Crippen LogP contribution is -1.86. The molecular formula is C15H22S2. The highest BCUT2D eigenvalue weighted by Gasteiger charge is 1.99. The van der Waals surface area contributed by atoms with Gasteiger partial charge in [-0.05, 0) is 35.5 Å². The van der Waals surface area contributed by atoms with Crippen LogP contribution in [0, 0.1) is 0 Å². The Balaban J connectivity index is 1.88. The molecule has 0 fully saturated rings. The lowest BCUT2D eigenvalue weighted by Gasteiger charge is -2.03. The average Bonchev–Trinajstić information content (AvgIpc) is 2.38. The zero-order valence-electron chi connectivity index (χ0n) is 10.5. The number of benzene rings is 1. The fourth-order valence-corrected chi connectivity index (χ4v) is 4.01. The summed E-state index contributed by atoms with van der Waals surface area (Å²) in [5.41, 5.74) is 2.97. The van der Waals surface area contributed by atoms with Gasteiger partial charge in [0.15, 0.2) is 0 Å². The van der Waals surface area contributed by atoms with Crippen LogP contribution < -0.4 is 0 Å². The molecule has 0 nitrogen and oxygen atoms in total. The van der Waals surface area contributed by atoms with Crippen LogP contribution in [0.25, 0.3) is 0 Å². The molecule has 0 saturated heterocycles. The van der Waals surface area contributed by atoms with Crippen LogP contribution in [0.2, 0.25) is 0 Å². The van der Waals surface area contributed by atoms with Crippen LogP contribution in [0.3, 0.4) is 0 Å². The first-order chi connectivity index (χ1) is 8.45. The molecular weight excluding hydrogens is 244 g/mol. The van der Waals surface area contributed by atoms with Gasteiger partial charge in [0.1, 0.15) is 0 Å². The smallest absolute Gasteiger partial charge is 0.0184 e. The van der Waals surface area contributed by atoms with Crippen LogP contribution in [-0.2, 0) is 11.5 Å². The van der Waals surface area contributed by atoms with Crippen molar-refractivity contribution in [2.24, 2.45) is 0 Å². The van der Waals surface area contributed by atoms with Crippen molar-refractivity contribution in [2.75, 3.05) is 11.5 Å². The van der Waals surface area contributed by atoms with Crippen molar-refractivity contribution in [2.45, 2.75) is 43.6 Å². The van der Waals surface area contributed by atoms with Gasteiger partial charge in [-0.25, -0.2) is 0 Å². The highest BCUT2D eigenvalue weighted by molar-refractivity contribution is 7.98. The summed E-state index contributed by atoms with van der Waals surface area (Å²) in [7, 11) is 0. The Bertz CT molecular complexity index is 274. The number of fused-ring (bicyclic) bond motifs is 12. The maximum absolute atomic E-state index is 2.31. The van der Waals surface area contributed by atoms with Crippen molar-refractivity contribution in [1.82, 2.24) is 0 Å². The topological polar surface area (TPSA) is 0 Å². The molecule has 1 aromatic rings. The zero-order valence-corrected chi connectivity index (χ0v) is 12.1. The quantitative estimate of drug-likeness (QED) is 0.639. The van der Waals surface area contributed by atoms with E-state index < -0.39 is 0 Å². The van der Waals surface area contributed by atoms with Crippen molar-refractivity contribution in [3.05, 3.63) is 35.4 Å². The SMILES string of the molecule is c1cc2ccc1CSCCCCCCCSC2. The van der Waals surface area contributed by atoms with E-state index in [2.05, 4.69) is 47.8 Å². The normalized spacial score (nSPS) is 19.5. The fourth-order valence-electron chi connectivity index (χ4n) is 2.05. The highest BCUT2D eigenvalue weighted by atomic mass is 32.2. The molecule has 1 aromatic carbocycles. The molecule has 0 aromatic heterocycles. The first kappa shape index (κ1) is 13.4. The summed E-state index contributed by atoms with van der Waals surface area (Å²) in [5.74, 6) is 5.04. The Morgan fingerprint density at radius 3 is 1.47 bits per heavy atom. The van der Waals surface area contributed by atoms with Gasteiger partial charge in [-0.3, -0.25) is 0 Å². The van der Waals surface area contributed by atoms with Crippen LogP contribution in [0.1, 0.15) is 43.2 Å². The first-order valence-electron chi connectivity index (χ1n) is 6.68. The van der Waals surface area contributed by atoms with Gasteiger partial charge in [0, 0.05) is 11.5 Å². The van der Waals surface area contributed by atoms with Crippen LogP contribution in [0.5, 0.6) is 0 Å². The van der Waals surface area contributed by atoms with Crippen LogP contribution >= 0.6 is 23.5 Å². The molecule has 2 aliphatic rings. The van der Waals surface area contributed by atoms with Gasteiger partial charge in [-0.2, -0.15) is 23.5 Å². The fraction of sp³-hybridized carbons (Fsp3) is 0.600. The van der Waals surface area contributed by atoms with E-state index >= 15 is 0 Å². The van der Waals surface area contributed by atoms with Crippen molar-refractivity contribution < 1.29 is 0 Å². The third kappa shape index (κ3) is 5.39. The minimum Gasteiger partial charge on any atom is -0.157 e. The Kier molecular flexibility index (Phi) is 6.36. The van der Waals surface area contributed by atoms with Crippen LogP contribution in [0.4, 0.5) is 0 Å². The molecule has 0 N–H and O–H groups in total. The Morgan fingerprint density at radius 1 is 0.588 bits per heavy atom. The van der Waals surface area contributed by atoms with Gasteiger partial charge >= 0.3 is 0 Å². The average molecular weight is 266 g/mol. The molecule has 0 atom stereocenters. The molecule has 0 radical (unpaired) electrons. The highest BCUT2D eigenvalue weighted by Crippen LogP contribution is 2.20. The third-order valence-corrected chi connectivity index (χ3v) is 5.37. The van der Waals surface area contributed by atoms with E-state index in [1.54, 1.807) is 0 Å². The molecule has 0 aliphatic carbocycles. The largest absolute Gasteiger partial charge is 0.157 e. The minimum absolute atomic E-state index is 1.19. The summed E-state index contributed by atoms with van der Waals surface area (Å²) in [6.07, 6.45) is 7.09. The monoisotopic (exact) mass is 266 g/mol. The summed E-state index contributed by atoms with van der Waals surface area (Å²) >= 11 is 4.18. The summed E-state index contributed by atoms with van der Waals surface area (Å²) in [6.45, 7) is 0. The molecule has 2 aliphatic heterocycles. The molecule has 2 bridgehead atoms. The lowest BCUT2D eigenvalue weighted by molar-refractivity contribution is 0.662. The van der Waals surface area contributed by atoms with Gasteiger partial charge in [0.25, 0.3) is 0 Å². The van der Waals surface area contributed by atoms with Crippen molar-refractivity contribution in [3.8, 4) is 0 Å². The lowest BCUT2D eigenvalue weighted by atomic mass is 10.2. The summed E-state index contributed by atoms with van der Waals surface area (Å²) < 4.78 is 0. The number of rotatable bonds is 0. The van der Waals surface area contributed by atoms with E-state index in [0.717, 1.165) is 0 Å². The van der Waals surface area contributed by atoms with E-state index in [1.165, 1.54) is 66.2 Å². The van der Waals surface area contributed by atoms with Crippen molar-refractivity contribution in [1.29, 1.82) is 0 Å². The van der Waals surface area contributed by atoms with Gasteiger partial charge < -0.3 is 0 Å². The molecule has 0 amide bonds. The number of thioether (sulfide) groups is 2. The minimum atomic E-state index is 1.19. The van der Waals surface area contributed by atoms with Crippen LogP contribution in [0.15, 0.2) is 24.3 Å². The van der Waals surface area contributed by atoms with Gasteiger partial charge in [0.2, 0.25) is 0 Å². The molecule has 0 spiro atoms. The Morgan fingerprint density at radius 2 is 1.00 bits per heavy atom. The number of hydrogen-bond donors (Lipinski definition) is 0. The van der Waals surface area contributed by atoms with E-state index in [4.69, 9.17) is 0 Å². The molecule has 0 saturated carbocycles. The summed E-state index contributed by atoms with van der Waals surface area (Å²) in [4.78, 5) is 0. The van der Waals surface area contributed by atoms with Crippen molar-refractivity contribution in [3.63, 3.8) is 0 Å². The van der Waals surface area contributed by atoms with Crippen LogP contribution in [-0.4, -0.2) is 11.5 Å². The predicted molar refractivity (Wildman–Crippen MR) is 81.9 cm³/mol. The van der Waals surface area contributed by atoms with E-state index in [1.807, 2.05) is 0 Å². The molecule has 2 heteroatoms. The molecule has 2 heterocycles. The maximum atomic E-state index is 2.31. The predicted octanol–water partition coefficient (Wildman–Crippen LogP) is 5.12. The maximum Gasteiger partial charge on any atom is 0.0184 e. The van der Waals surface area contributed by atoms with Gasteiger partial charge in [-0.1, -0.05) is 43.5 Å². The van der Waals surface area contributed by atoms with E-state index in [9.17, 15) is 0 Å². The van der Waals surface area contributed by atoms with Crippen molar-refractivity contribution >= 4 is 23.5 Å². The Hall–Kier alpha value is -0.0800. The second kappa shape index (κ2) is 8.10. The molecule has 94 valence electrons. The second-order valence-electron chi connectivity index (χ2n) is 4.69. The molecule has 3 rings (SSSR count). The molecule has 17 heavy (non-hydrogen) atoms. The second-order valence-corrected chi connectivity index (χ2v) is 6.90. The van der Waals surface area contributed by atoms with Gasteiger partial charge in [0.05, 0.1) is 0 Å². The first-order valence-corrected chi connectivity index (χ1v) is 8.99. The number of hydrogen-bond acceptors (Lipinski definition) is 2. The zero-order chi connectivity index (χ0) is 11.8. The Labute approximate surface area is 114 Å². The summed E-state index contributed by atoms with van der Waals surface area (Å²) in [6, 6.07) is 9.23. The van der Waals surface area contributed by atoms with E-state index in [-0.39, 0.29) is 0 Å². The van der Waals surface area contributed by atoms with Gasteiger partial charge in [-0.15, -0.1) is 0 Å². The molecule has 0 unspecified atom stereocenters. The van der Waals surface area contributed by atoms with E-state index in [0.29, 0.717) is 0 Å². The summed E-state index contributed by atoms with van der Waals surface area (Å²) in [5, 5.41) is 0. The third-order valence-electron chi connectivity index (χ3n) is 3.14. The standard InChI is InChI=1S/C15H22S2/c1-2-4-10-16-12-14-6-8-15(9-7-14)13-17-11-5-3-1/h6-9H,1-5,10-13H2.